The standard InChI is InChI=1S/C12H15F3N2/c13-12(14,15)10-4-2-1-3-9(10)11(16)7-17-8-5-6-8/h1-4,8,11,17H,5-7,16H2. The molecule has 3 N–H and O–H groups in total. The van der Waals surface area contributed by atoms with Crippen LogP contribution in [0.1, 0.15) is 30.0 Å². The third-order valence-electron chi connectivity index (χ3n) is 2.87. The van der Waals surface area contributed by atoms with Crippen molar-refractivity contribution < 1.29 is 13.2 Å². The summed E-state index contributed by atoms with van der Waals surface area (Å²) in [7, 11) is 0. The monoisotopic (exact) mass is 244 g/mol. The molecule has 1 aliphatic rings. The predicted octanol–water partition coefficient (Wildman–Crippen LogP) is 2.46. The minimum Gasteiger partial charge on any atom is -0.323 e. The number of rotatable bonds is 4. The molecular weight excluding hydrogens is 229 g/mol. The fourth-order valence-corrected chi connectivity index (χ4v) is 1.77. The van der Waals surface area contributed by atoms with Gasteiger partial charge in [0, 0.05) is 18.6 Å². The van der Waals surface area contributed by atoms with Crippen molar-refractivity contribution in [3.63, 3.8) is 0 Å². The van der Waals surface area contributed by atoms with Gasteiger partial charge >= 0.3 is 6.18 Å². The van der Waals surface area contributed by atoms with Crippen molar-refractivity contribution in [1.82, 2.24) is 5.32 Å². The summed E-state index contributed by atoms with van der Waals surface area (Å²) in [5.74, 6) is 0. The molecule has 0 bridgehead atoms. The van der Waals surface area contributed by atoms with E-state index in [1.54, 1.807) is 6.07 Å². The van der Waals surface area contributed by atoms with Crippen molar-refractivity contribution in [2.75, 3.05) is 6.54 Å². The molecule has 0 aliphatic heterocycles. The van der Waals surface area contributed by atoms with E-state index >= 15 is 0 Å². The van der Waals surface area contributed by atoms with Gasteiger partial charge in [-0.05, 0) is 24.5 Å². The number of hydrogen-bond acceptors (Lipinski definition) is 2. The molecule has 1 unspecified atom stereocenters. The van der Waals surface area contributed by atoms with Crippen molar-refractivity contribution in [2.45, 2.75) is 31.1 Å². The maximum absolute atomic E-state index is 12.7. The van der Waals surface area contributed by atoms with Crippen LogP contribution >= 0.6 is 0 Å². The van der Waals surface area contributed by atoms with Gasteiger partial charge in [-0.15, -0.1) is 0 Å². The highest BCUT2D eigenvalue weighted by atomic mass is 19.4. The second-order valence-electron chi connectivity index (χ2n) is 4.37. The lowest BCUT2D eigenvalue weighted by Gasteiger charge is -2.18. The van der Waals surface area contributed by atoms with E-state index in [2.05, 4.69) is 5.32 Å². The third kappa shape index (κ3) is 3.20. The molecule has 1 atom stereocenters. The Balaban J connectivity index is 2.12. The van der Waals surface area contributed by atoms with Crippen LogP contribution < -0.4 is 11.1 Å². The quantitative estimate of drug-likeness (QED) is 0.853. The van der Waals surface area contributed by atoms with Crippen molar-refractivity contribution in [2.24, 2.45) is 5.73 Å². The van der Waals surface area contributed by atoms with Gasteiger partial charge in [0.1, 0.15) is 0 Å². The molecule has 2 rings (SSSR count). The van der Waals surface area contributed by atoms with Crippen LogP contribution in [0.2, 0.25) is 0 Å². The second-order valence-corrected chi connectivity index (χ2v) is 4.37. The van der Waals surface area contributed by atoms with E-state index in [4.69, 9.17) is 5.73 Å². The Bertz CT molecular complexity index is 386. The minimum atomic E-state index is -4.34. The fraction of sp³-hybridized carbons (Fsp3) is 0.500. The maximum Gasteiger partial charge on any atom is 0.416 e. The highest BCUT2D eigenvalue weighted by Crippen LogP contribution is 2.34. The van der Waals surface area contributed by atoms with Crippen LogP contribution in [0.25, 0.3) is 0 Å². The van der Waals surface area contributed by atoms with E-state index < -0.39 is 17.8 Å². The van der Waals surface area contributed by atoms with E-state index in [1.165, 1.54) is 12.1 Å². The predicted molar refractivity (Wildman–Crippen MR) is 59.4 cm³/mol. The van der Waals surface area contributed by atoms with Crippen LogP contribution in [-0.2, 0) is 6.18 Å². The molecule has 5 heteroatoms. The molecule has 0 saturated heterocycles. The average molecular weight is 244 g/mol. The van der Waals surface area contributed by atoms with Gasteiger partial charge in [0.05, 0.1) is 5.56 Å². The first-order valence-electron chi connectivity index (χ1n) is 5.63. The first-order valence-corrected chi connectivity index (χ1v) is 5.63. The average Bonchev–Trinajstić information content (AvgIpc) is 3.08. The van der Waals surface area contributed by atoms with Gasteiger partial charge in [0.2, 0.25) is 0 Å². The SMILES string of the molecule is NC(CNC1CC1)c1ccccc1C(F)(F)F. The summed E-state index contributed by atoms with van der Waals surface area (Å²) < 4.78 is 38.2. The summed E-state index contributed by atoms with van der Waals surface area (Å²) in [4.78, 5) is 0. The highest BCUT2D eigenvalue weighted by Gasteiger charge is 2.34. The first-order chi connectivity index (χ1) is 7.98. The van der Waals surface area contributed by atoms with Gasteiger partial charge in [0.25, 0.3) is 0 Å². The summed E-state index contributed by atoms with van der Waals surface area (Å²) in [6.45, 7) is 0.387. The molecule has 0 aromatic heterocycles. The molecule has 94 valence electrons. The van der Waals surface area contributed by atoms with Crippen LogP contribution in [0.3, 0.4) is 0 Å². The lowest BCUT2D eigenvalue weighted by Crippen LogP contribution is -2.30. The summed E-state index contributed by atoms with van der Waals surface area (Å²) in [5.41, 5.74) is 5.33. The van der Waals surface area contributed by atoms with Crippen LogP contribution in [0.5, 0.6) is 0 Å². The third-order valence-corrected chi connectivity index (χ3v) is 2.87. The molecule has 1 aromatic rings. The zero-order valence-electron chi connectivity index (χ0n) is 9.30. The topological polar surface area (TPSA) is 38.0 Å². The highest BCUT2D eigenvalue weighted by molar-refractivity contribution is 5.32. The lowest BCUT2D eigenvalue weighted by molar-refractivity contribution is -0.138. The zero-order valence-corrected chi connectivity index (χ0v) is 9.30. The van der Waals surface area contributed by atoms with Crippen LogP contribution in [0, 0.1) is 0 Å². The Morgan fingerprint density at radius 1 is 1.29 bits per heavy atom. The molecule has 1 aromatic carbocycles. The van der Waals surface area contributed by atoms with Crippen LogP contribution in [0.15, 0.2) is 24.3 Å². The Hall–Kier alpha value is -1.07. The zero-order chi connectivity index (χ0) is 12.5. The largest absolute Gasteiger partial charge is 0.416 e. The van der Waals surface area contributed by atoms with Crippen molar-refractivity contribution in [3.8, 4) is 0 Å². The summed E-state index contributed by atoms with van der Waals surface area (Å²) >= 11 is 0. The normalized spacial score (nSPS) is 18.1. The van der Waals surface area contributed by atoms with Gasteiger partial charge in [-0.2, -0.15) is 13.2 Å². The maximum atomic E-state index is 12.7. The molecule has 2 nitrogen and oxygen atoms in total. The molecule has 1 saturated carbocycles. The molecule has 0 amide bonds. The van der Waals surface area contributed by atoms with Gasteiger partial charge < -0.3 is 11.1 Å². The molecule has 1 aliphatic carbocycles. The molecule has 17 heavy (non-hydrogen) atoms. The fourth-order valence-electron chi connectivity index (χ4n) is 1.77. The molecule has 0 spiro atoms. The molecule has 0 radical (unpaired) electrons. The molecular formula is C12H15F3N2. The lowest BCUT2D eigenvalue weighted by atomic mass is 10.0. The van der Waals surface area contributed by atoms with E-state index in [9.17, 15) is 13.2 Å². The number of benzene rings is 1. The van der Waals surface area contributed by atoms with Crippen LogP contribution in [-0.4, -0.2) is 12.6 Å². The Kier molecular flexibility index (Phi) is 3.40. The minimum absolute atomic E-state index is 0.160. The van der Waals surface area contributed by atoms with Crippen molar-refractivity contribution in [3.05, 3.63) is 35.4 Å². The summed E-state index contributed by atoms with van der Waals surface area (Å²) in [5, 5.41) is 3.14. The van der Waals surface area contributed by atoms with E-state index in [0.717, 1.165) is 18.9 Å². The summed E-state index contributed by atoms with van der Waals surface area (Å²) in [6.07, 6.45) is -2.16. The second kappa shape index (κ2) is 4.66. The molecule has 1 fully saturated rings. The van der Waals surface area contributed by atoms with E-state index in [0.29, 0.717) is 12.6 Å². The van der Waals surface area contributed by atoms with E-state index in [-0.39, 0.29) is 5.56 Å². The Morgan fingerprint density at radius 2 is 1.94 bits per heavy atom. The van der Waals surface area contributed by atoms with Gasteiger partial charge in [-0.1, -0.05) is 18.2 Å². The smallest absolute Gasteiger partial charge is 0.323 e. The van der Waals surface area contributed by atoms with Crippen molar-refractivity contribution in [1.29, 1.82) is 0 Å². The first kappa shape index (κ1) is 12.4. The summed E-state index contributed by atoms with van der Waals surface area (Å²) in [6, 6.07) is 5.32. The van der Waals surface area contributed by atoms with Gasteiger partial charge in [-0.25, -0.2) is 0 Å². The number of nitrogens with one attached hydrogen (secondary N) is 1. The van der Waals surface area contributed by atoms with Crippen LogP contribution in [0.4, 0.5) is 13.2 Å². The van der Waals surface area contributed by atoms with Gasteiger partial charge in [0.15, 0.2) is 0 Å². The van der Waals surface area contributed by atoms with Crippen molar-refractivity contribution >= 4 is 0 Å². The number of nitrogens with two attached hydrogens (primary N) is 1. The number of alkyl halides is 3. The number of halogens is 3. The Labute approximate surface area is 98.0 Å². The molecule has 0 heterocycles. The van der Waals surface area contributed by atoms with Gasteiger partial charge in [-0.3, -0.25) is 0 Å². The van der Waals surface area contributed by atoms with E-state index in [1.807, 2.05) is 0 Å². The Morgan fingerprint density at radius 3 is 2.53 bits per heavy atom. The number of hydrogen-bond donors (Lipinski definition) is 2.